The topological polar surface area (TPSA) is 64.8 Å². The Morgan fingerprint density at radius 2 is 1.84 bits per heavy atom. The molecule has 96 valence electrons. The molecule has 0 amide bonds. The number of halogens is 1. The highest BCUT2D eigenvalue weighted by atomic mass is 35.5. The zero-order chi connectivity index (χ0) is 13.5. The number of aromatic nitrogens is 3. The van der Waals surface area contributed by atoms with Gasteiger partial charge in [0.1, 0.15) is 5.52 Å². The summed E-state index contributed by atoms with van der Waals surface area (Å²) in [5, 5.41) is 0.0855. The van der Waals surface area contributed by atoms with Crippen molar-refractivity contribution >= 4 is 32.7 Å². The molecule has 3 aromatic rings. The molecule has 0 aliphatic heterocycles. The number of nitrogens with zero attached hydrogens (tertiary/aromatic N) is 3. The summed E-state index contributed by atoms with van der Waals surface area (Å²) >= 11 is 5.68. The molecule has 0 fully saturated rings. The Morgan fingerprint density at radius 1 is 1.11 bits per heavy atom. The van der Waals surface area contributed by atoms with Crippen LogP contribution in [0.15, 0.2) is 53.7 Å². The Bertz CT molecular complexity index is 844. The van der Waals surface area contributed by atoms with Crippen LogP contribution in [-0.2, 0) is 10.0 Å². The van der Waals surface area contributed by atoms with E-state index in [1.807, 2.05) is 0 Å². The van der Waals surface area contributed by atoms with E-state index in [4.69, 9.17) is 11.6 Å². The molecule has 0 radical (unpaired) electrons. The van der Waals surface area contributed by atoms with E-state index >= 15 is 0 Å². The molecular formula is C12H8ClN3O2S. The van der Waals surface area contributed by atoms with Crippen molar-refractivity contribution in [1.82, 2.24) is 13.9 Å². The Labute approximate surface area is 114 Å². The van der Waals surface area contributed by atoms with Crippen molar-refractivity contribution in [3.05, 3.63) is 54.1 Å². The second-order valence-electron chi connectivity index (χ2n) is 3.84. The van der Waals surface area contributed by atoms with Gasteiger partial charge in [-0.2, -0.15) is 0 Å². The van der Waals surface area contributed by atoms with Crippen LogP contribution in [0.3, 0.4) is 0 Å². The summed E-state index contributed by atoms with van der Waals surface area (Å²) in [6.07, 6.45) is 2.84. The van der Waals surface area contributed by atoms with E-state index in [1.165, 1.54) is 24.5 Å². The fourth-order valence-corrected chi connectivity index (χ4v) is 3.28. The van der Waals surface area contributed by atoms with Gasteiger partial charge in [-0.15, -0.1) is 0 Å². The van der Waals surface area contributed by atoms with E-state index in [0.29, 0.717) is 11.0 Å². The highest BCUT2D eigenvalue weighted by Crippen LogP contribution is 2.21. The lowest BCUT2D eigenvalue weighted by Gasteiger charge is -2.06. The predicted octanol–water partition coefficient (Wildman–Crippen LogP) is 2.32. The Hall–Kier alpha value is -1.92. The summed E-state index contributed by atoms with van der Waals surface area (Å²) < 4.78 is 26.1. The van der Waals surface area contributed by atoms with E-state index in [2.05, 4.69) is 9.97 Å². The SMILES string of the molecule is O=S(=O)(c1ccccc1)n1ccc2nc(Cl)ncc21. The van der Waals surface area contributed by atoms with Crippen molar-refractivity contribution in [2.45, 2.75) is 4.90 Å². The molecule has 0 spiro atoms. The van der Waals surface area contributed by atoms with Crippen molar-refractivity contribution in [2.75, 3.05) is 0 Å². The minimum atomic E-state index is -3.64. The van der Waals surface area contributed by atoms with Crippen LogP contribution in [0.4, 0.5) is 0 Å². The average molecular weight is 294 g/mol. The van der Waals surface area contributed by atoms with Crippen LogP contribution < -0.4 is 0 Å². The summed E-state index contributed by atoms with van der Waals surface area (Å²) in [4.78, 5) is 8.00. The average Bonchev–Trinajstić information content (AvgIpc) is 2.83. The van der Waals surface area contributed by atoms with Gasteiger partial charge < -0.3 is 0 Å². The first-order chi connectivity index (χ1) is 9.09. The van der Waals surface area contributed by atoms with Crippen LogP contribution in [-0.4, -0.2) is 22.4 Å². The largest absolute Gasteiger partial charge is 0.268 e. The van der Waals surface area contributed by atoms with Gasteiger partial charge >= 0.3 is 0 Å². The zero-order valence-electron chi connectivity index (χ0n) is 9.56. The molecule has 2 heterocycles. The van der Waals surface area contributed by atoms with Crippen LogP contribution in [0, 0.1) is 0 Å². The van der Waals surface area contributed by atoms with Crippen molar-refractivity contribution in [1.29, 1.82) is 0 Å². The highest BCUT2D eigenvalue weighted by molar-refractivity contribution is 7.90. The van der Waals surface area contributed by atoms with Crippen LogP contribution >= 0.6 is 11.6 Å². The lowest BCUT2D eigenvalue weighted by atomic mass is 10.4. The molecule has 3 rings (SSSR count). The molecule has 0 unspecified atom stereocenters. The summed E-state index contributed by atoms with van der Waals surface area (Å²) in [5.41, 5.74) is 0.882. The van der Waals surface area contributed by atoms with Gasteiger partial charge in [0.25, 0.3) is 10.0 Å². The second kappa shape index (κ2) is 4.32. The van der Waals surface area contributed by atoms with Crippen LogP contribution in [0.5, 0.6) is 0 Å². The number of benzene rings is 1. The van der Waals surface area contributed by atoms with Crippen LogP contribution in [0.2, 0.25) is 5.28 Å². The van der Waals surface area contributed by atoms with E-state index in [1.54, 1.807) is 24.3 Å². The molecule has 0 atom stereocenters. The van der Waals surface area contributed by atoms with Gasteiger partial charge in [0, 0.05) is 6.20 Å². The molecule has 1 aromatic carbocycles. The van der Waals surface area contributed by atoms with Crippen LogP contribution in [0.1, 0.15) is 0 Å². The maximum absolute atomic E-state index is 12.5. The first-order valence-electron chi connectivity index (χ1n) is 5.39. The number of rotatable bonds is 2. The summed E-state index contributed by atoms with van der Waals surface area (Å²) in [7, 11) is -3.64. The fraction of sp³-hybridized carbons (Fsp3) is 0. The van der Waals surface area contributed by atoms with Gasteiger partial charge in [0.05, 0.1) is 16.6 Å². The van der Waals surface area contributed by atoms with Gasteiger partial charge in [-0.3, -0.25) is 0 Å². The first-order valence-corrected chi connectivity index (χ1v) is 7.21. The summed E-state index contributed by atoms with van der Waals surface area (Å²) in [6, 6.07) is 9.77. The zero-order valence-corrected chi connectivity index (χ0v) is 11.1. The van der Waals surface area contributed by atoms with Gasteiger partial charge in [-0.1, -0.05) is 18.2 Å². The van der Waals surface area contributed by atoms with E-state index in [-0.39, 0.29) is 10.2 Å². The maximum atomic E-state index is 12.5. The fourth-order valence-electron chi connectivity index (χ4n) is 1.79. The highest BCUT2D eigenvalue weighted by Gasteiger charge is 2.19. The first kappa shape index (κ1) is 12.1. The Kier molecular flexibility index (Phi) is 2.76. The van der Waals surface area contributed by atoms with Gasteiger partial charge in [0.2, 0.25) is 5.28 Å². The standard InChI is InChI=1S/C12H8ClN3O2S/c13-12-14-8-11-10(15-12)6-7-16(11)19(17,18)9-4-2-1-3-5-9/h1-8H. The monoisotopic (exact) mass is 293 g/mol. The predicted molar refractivity (Wildman–Crippen MR) is 71.6 cm³/mol. The Morgan fingerprint density at radius 3 is 2.58 bits per heavy atom. The van der Waals surface area contributed by atoms with E-state index < -0.39 is 10.0 Å². The second-order valence-corrected chi connectivity index (χ2v) is 5.99. The molecule has 0 aliphatic carbocycles. The van der Waals surface area contributed by atoms with Gasteiger partial charge in [-0.05, 0) is 29.8 Å². The molecule has 5 nitrogen and oxygen atoms in total. The number of fused-ring (bicyclic) bond motifs is 1. The van der Waals surface area contributed by atoms with Crippen molar-refractivity contribution < 1.29 is 8.42 Å². The van der Waals surface area contributed by atoms with Crippen molar-refractivity contribution in [3.8, 4) is 0 Å². The third-order valence-electron chi connectivity index (χ3n) is 2.67. The quantitative estimate of drug-likeness (QED) is 0.680. The third kappa shape index (κ3) is 1.98. The molecule has 2 aromatic heterocycles. The number of hydrogen-bond donors (Lipinski definition) is 0. The third-order valence-corrected chi connectivity index (χ3v) is 4.56. The molecule has 7 heteroatoms. The summed E-state index contributed by atoms with van der Waals surface area (Å²) in [5.74, 6) is 0. The van der Waals surface area contributed by atoms with Gasteiger partial charge in [-0.25, -0.2) is 22.4 Å². The smallest absolute Gasteiger partial charge is 0.238 e. The van der Waals surface area contributed by atoms with E-state index in [0.717, 1.165) is 3.97 Å². The molecule has 0 N–H and O–H groups in total. The van der Waals surface area contributed by atoms with E-state index in [9.17, 15) is 8.42 Å². The van der Waals surface area contributed by atoms with Crippen LogP contribution in [0.25, 0.3) is 11.0 Å². The van der Waals surface area contributed by atoms with Gasteiger partial charge in [0.15, 0.2) is 0 Å². The maximum Gasteiger partial charge on any atom is 0.268 e. The minimum absolute atomic E-state index is 0.0855. The number of hydrogen-bond acceptors (Lipinski definition) is 4. The lowest BCUT2D eigenvalue weighted by Crippen LogP contribution is -2.11. The minimum Gasteiger partial charge on any atom is -0.238 e. The lowest BCUT2D eigenvalue weighted by molar-refractivity contribution is 0.589. The summed E-state index contributed by atoms with van der Waals surface area (Å²) in [6.45, 7) is 0. The van der Waals surface area contributed by atoms with Crippen molar-refractivity contribution in [3.63, 3.8) is 0 Å². The molecule has 19 heavy (non-hydrogen) atoms. The molecule has 0 saturated carbocycles. The molecular weight excluding hydrogens is 286 g/mol. The van der Waals surface area contributed by atoms with Crippen molar-refractivity contribution in [2.24, 2.45) is 0 Å². The molecule has 0 aliphatic rings. The Balaban J connectivity index is 2.25. The molecule has 0 saturated heterocycles. The molecule has 0 bridgehead atoms. The normalized spacial score (nSPS) is 11.8.